The Morgan fingerprint density at radius 3 is 2.27 bits per heavy atom. The molecule has 0 aromatic carbocycles. The third kappa shape index (κ3) is 8.46. The molecule has 0 amide bonds. The molecule has 3 unspecified atom stereocenters. The van der Waals surface area contributed by atoms with Crippen molar-refractivity contribution in [3.05, 3.63) is 34.9 Å². The maximum absolute atomic E-state index is 12.3. The summed E-state index contributed by atoms with van der Waals surface area (Å²) in [5, 5.41) is 0. The van der Waals surface area contributed by atoms with Crippen molar-refractivity contribution in [2.24, 2.45) is 5.92 Å². The molecule has 0 saturated carbocycles. The van der Waals surface area contributed by atoms with Crippen LogP contribution >= 0.6 is 0 Å². The smallest absolute Gasteiger partial charge is 0.169 e. The van der Waals surface area contributed by atoms with Crippen molar-refractivity contribution < 1.29 is 14.3 Å². The van der Waals surface area contributed by atoms with Crippen molar-refractivity contribution in [2.75, 3.05) is 6.61 Å². The normalized spacial score (nSPS) is 24.2. The van der Waals surface area contributed by atoms with E-state index in [4.69, 9.17) is 9.47 Å². The van der Waals surface area contributed by atoms with E-state index in [1.165, 1.54) is 16.7 Å². The Morgan fingerprint density at radius 1 is 1.04 bits per heavy atom. The fourth-order valence-corrected chi connectivity index (χ4v) is 3.01. The Morgan fingerprint density at radius 2 is 1.65 bits per heavy atom. The molecule has 3 heteroatoms. The van der Waals surface area contributed by atoms with Gasteiger partial charge in [-0.1, -0.05) is 48.8 Å². The van der Waals surface area contributed by atoms with Gasteiger partial charge in [-0.2, -0.15) is 0 Å². The van der Waals surface area contributed by atoms with E-state index >= 15 is 0 Å². The zero-order valence-electron chi connectivity index (χ0n) is 17.6. The van der Waals surface area contributed by atoms with Crippen LogP contribution in [-0.4, -0.2) is 24.8 Å². The van der Waals surface area contributed by atoms with Gasteiger partial charge in [0.15, 0.2) is 12.1 Å². The predicted octanol–water partition coefficient (Wildman–Crippen LogP) is 6.15. The summed E-state index contributed by atoms with van der Waals surface area (Å²) < 4.78 is 11.4. The highest BCUT2D eigenvalue weighted by molar-refractivity contribution is 5.87. The summed E-state index contributed by atoms with van der Waals surface area (Å²) in [4.78, 5) is 12.3. The third-order valence-corrected chi connectivity index (χ3v) is 4.76. The summed E-state index contributed by atoms with van der Waals surface area (Å²) in [7, 11) is 0. The summed E-state index contributed by atoms with van der Waals surface area (Å²) in [6.07, 6.45) is 12.0. The molecule has 0 aromatic heterocycles. The second kappa shape index (κ2) is 12.2. The Hall–Kier alpha value is -1.19. The molecule has 0 bridgehead atoms. The molecule has 1 aliphatic rings. The molecule has 1 rings (SSSR count). The van der Waals surface area contributed by atoms with Crippen LogP contribution in [0.2, 0.25) is 0 Å². The molecule has 1 saturated heterocycles. The Labute approximate surface area is 160 Å². The quantitative estimate of drug-likeness (QED) is 0.413. The van der Waals surface area contributed by atoms with Crippen LogP contribution in [0, 0.1) is 5.92 Å². The zero-order valence-corrected chi connectivity index (χ0v) is 17.6. The molecule has 148 valence electrons. The predicted molar refractivity (Wildman–Crippen MR) is 109 cm³/mol. The van der Waals surface area contributed by atoms with Gasteiger partial charge >= 0.3 is 0 Å². The molecule has 0 aromatic rings. The van der Waals surface area contributed by atoms with E-state index in [1.807, 2.05) is 6.92 Å². The van der Waals surface area contributed by atoms with E-state index in [1.54, 1.807) is 0 Å². The van der Waals surface area contributed by atoms with Crippen LogP contribution in [0.5, 0.6) is 0 Å². The van der Waals surface area contributed by atoms with Crippen LogP contribution in [0.15, 0.2) is 34.9 Å². The van der Waals surface area contributed by atoms with Gasteiger partial charge in [0.1, 0.15) is 6.10 Å². The van der Waals surface area contributed by atoms with Gasteiger partial charge in [-0.25, -0.2) is 0 Å². The van der Waals surface area contributed by atoms with E-state index in [9.17, 15) is 4.79 Å². The van der Waals surface area contributed by atoms with Gasteiger partial charge in [-0.3, -0.25) is 4.79 Å². The second-order valence-corrected chi connectivity index (χ2v) is 7.75. The van der Waals surface area contributed by atoms with Gasteiger partial charge in [0, 0.05) is 6.61 Å². The first-order valence-corrected chi connectivity index (χ1v) is 10.1. The minimum atomic E-state index is -0.368. The van der Waals surface area contributed by atoms with E-state index < -0.39 is 0 Å². The maximum Gasteiger partial charge on any atom is 0.169 e. The maximum atomic E-state index is 12.3. The second-order valence-electron chi connectivity index (χ2n) is 7.75. The van der Waals surface area contributed by atoms with Crippen LogP contribution in [0.25, 0.3) is 0 Å². The number of allylic oxidation sites excluding steroid dienone is 5. The Balaban J connectivity index is 2.37. The van der Waals surface area contributed by atoms with Crippen molar-refractivity contribution in [3.63, 3.8) is 0 Å². The SMILES string of the molecule is CCCOC1OC(C/C=C(\C)CC/C=C(\C)CCC=C(C)C)C(=O)C1C. The topological polar surface area (TPSA) is 35.5 Å². The third-order valence-electron chi connectivity index (χ3n) is 4.76. The molecule has 1 aliphatic heterocycles. The van der Waals surface area contributed by atoms with Crippen molar-refractivity contribution in [3.8, 4) is 0 Å². The molecule has 0 aliphatic carbocycles. The van der Waals surface area contributed by atoms with Gasteiger partial charge in [0.25, 0.3) is 0 Å². The molecule has 1 fully saturated rings. The number of ketones is 1. The van der Waals surface area contributed by atoms with Crippen LogP contribution in [0.4, 0.5) is 0 Å². The molecule has 3 nitrogen and oxygen atoms in total. The van der Waals surface area contributed by atoms with E-state index in [0.717, 1.165) is 32.1 Å². The minimum Gasteiger partial charge on any atom is -0.352 e. The summed E-state index contributed by atoms with van der Waals surface area (Å²) in [5.74, 6) is 0.0109. The van der Waals surface area contributed by atoms with Crippen molar-refractivity contribution >= 4 is 5.78 Å². The average Bonchev–Trinajstić information content (AvgIpc) is 2.85. The summed E-state index contributed by atoms with van der Waals surface area (Å²) in [5.41, 5.74) is 4.16. The lowest BCUT2D eigenvalue weighted by Gasteiger charge is -2.14. The van der Waals surface area contributed by atoms with Crippen LogP contribution in [0.3, 0.4) is 0 Å². The summed E-state index contributed by atoms with van der Waals surface area (Å²) in [6.45, 7) is 13.2. The lowest BCUT2D eigenvalue weighted by molar-refractivity contribution is -0.147. The number of hydrogen-bond acceptors (Lipinski definition) is 3. The first kappa shape index (κ1) is 22.9. The van der Waals surface area contributed by atoms with E-state index in [0.29, 0.717) is 13.0 Å². The first-order valence-electron chi connectivity index (χ1n) is 10.1. The standard InChI is InChI=1S/C23H38O3/c1-7-16-25-23-20(6)22(24)21(26-23)15-14-19(5)13-9-12-18(4)11-8-10-17(2)3/h10,12,14,20-21,23H,7-9,11,13,15-16H2,1-6H3/b18-12+,19-14+. The molecule has 0 spiro atoms. The lowest BCUT2D eigenvalue weighted by Crippen LogP contribution is -2.21. The average molecular weight is 363 g/mol. The lowest BCUT2D eigenvalue weighted by atomic mass is 10.0. The fraction of sp³-hybridized carbons (Fsp3) is 0.696. The van der Waals surface area contributed by atoms with Gasteiger partial charge in [0.05, 0.1) is 5.92 Å². The zero-order chi connectivity index (χ0) is 19.5. The number of carbonyl (C=O) groups excluding carboxylic acids is 1. The Kier molecular flexibility index (Phi) is 10.8. The van der Waals surface area contributed by atoms with Gasteiger partial charge in [-0.05, 0) is 66.2 Å². The number of Topliss-reactive ketones (excluding diaryl/α,β-unsaturated/α-hetero) is 1. The molecular formula is C23H38O3. The highest BCUT2D eigenvalue weighted by atomic mass is 16.7. The molecule has 1 heterocycles. The Bertz CT molecular complexity index is 524. The number of ether oxygens (including phenoxy) is 2. The van der Waals surface area contributed by atoms with Crippen LogP contribution in [-0.2, 0) is 14.3 Å². The van der Waals surface area contributed by atoms with Crippen molar-refractivity contribution in [2.45, 2.75) is 92.5 Å². The van der Waals surface area contributed by atoms with E-state index in [-0.39, 0.29) is 24.1 Å². The molecule has 26 heavy (non-hydrogen) atoms. The summed E-state index contributed by atoms with van der Waals surface area (Å²) in [6, 6.07) is 0. The number of hydrogen-bond donors (Lipinski definition) is 0. The van der Waals surface area contributed by atoms with Crippen LogP contribution < -0.4 is 0 Å². The minimum absolute atomic E-state index is 0.161. The molecule has 0 radical (unpaired) electrons. The van der Waals surface area contributed by atoms with E-state index in [2.05, 4.69) is 52.8 Å². The van der Waals surface area contributed by atoms with Crippen molar-refractivity contribution in [1.29, 1.82) is 0 Å². The summed E-state index contributed by atoms with van der Waals surface area (Å²) >= 11 is 0. The number of rotatable bonds is 11. The highest BCUT2D eigenvalue weighted by Gasteiger charge is 2.40. The monoisotopic (exact) mass is 362 g/mol. The van der Waals surface area contributed by atoms with Gasteiger partial charge in [0.2, 0.25) is 0 Å². The molecule has 3 atom stereocenters. The van der Waals surface area contributed by atoms with Crippen molar-refractivity contribution in [1.82, 2.24) is 0 Å². The fourth-order valence-electron chi connectivity index (χ4n) is 3.01. The molecular weight excluding hydrogens is 324 g/mol. The number of carbonyl (C=O) groups is 1. The highest BCUT2D eigenvalue weighted by Crippen LogP contribution is 2.26. The van der Waals surface area contributed by atoms with Crippen LogP contribution in [0.1, 0.15) is 80.1 Å². The largest absolute Gasteiger partial charge is 0.352 e. The van der Waals surface area contributed by atoms with Gasteiger partial charge in [-0.15, -0.1) is 0 Å². The van der Waals surface area contributed by atoms with Gasteiger partial charge < -0.3 is 9.47 Å². The molecule has 0 N–H and O–H groups in total. The first-order chi connectivity index (χ1) is 12.3.